The number of nitrogens with zero attached hydrogens (tertiary/aromatic N) is 2. The molecule has 0 saturated carbocycles. The number of nitrogens with one attached hydrogen (secondary N) is 3. The lowest BCUT2D eigenvalue weighted by Gasteiger charge is -2.36. The summed E-state index contributed by atoms with van der Waals surface area (Å²) in [5.41, 5.74) is 2.41. The van der Waals surface area contributed by atoms with Crippen LogP contribution in [0.25, 0.3) is 10.9 Å². The topological polar surface area (TPSA) is 90.1 Å². The van der Waals surface area contributed by atoms with Crippen LogP contribution in [0.3, 0.4) is 0 Å². The molecular weight excluding hydrogens is 409 g/mol. The van der Waals surface area contributed by atoms with Crippen molar-refractivity contribution in [2.24, 2.45) is 0 Å². The van der Waals surface area contributed by atoms with E-state index in [0.29, 0.717) is 28.9 Å². The third kappa shape index (κ3) is 4.10. The van der Waals surface area contributed by atoms with Crippen LogP contribution >= 0.6 is 0 Å². The van der Waals surface area contributed by atoms with Gasteiger partial charge in [-0.3, -0.25) is 14.7 Å². The number of halogens is 1. The highest BCUT2D eigenvalue weighted by atomic mass is 19.1. The van der Waals surface area contributed by atoms with E-state index >= 15 is 0 Å². The van der Waals surface area contributed by atoms with Gasteiger partial charge in [0.1, 0.15) is 5.82 Å². The second-order valence-corrected chi connectivity index (χ2v) is 8.88. The van der Waals surface area contributed by atoms with E-state index in [9.17, 15) is 14.0 Å². The maximum Gasteiger partial charge on any atom is 0.272 e. The molecule has 3 aromatic rings. The summed E-state index contributed by atoms with van der Waals surface area (Å²) in [5.74, 6) is -0.752. The lowest BCUT2D eigenvalue weighted by Crippen LogP contribution is -2.48. The first-order valence-corrected chi connectivity index (χ1v) is 11.0. The zero-order valence-corrected chi connectivity index (χ0v) is 17.9. The SMILES string of the molecule is CN1C2CCC1CC(NC(=O)c1n[nH]c3ccc(CC(=O)Nc4ccc(F)cc4)cc13)C2. The van der Waals surface area contributed by atoms with Gasteiger partial charge in [-0.05, 0) is 74.7 Å². The van der Waals surface area contributed by atoms with Gasteiger partial charge in [-0.1, -0.05) is 6.07 Å². The van der Waals surface area contributed by atoms with Gasteiger partial charge in [-0.2, -0.15) is 5.10 Å². The maximum atomic E-state index is 13.0. The molecule has 2 amide bonds. The van der Waals surface area contributed by atoms with Crippen LogP contribution in [0.1, 0.15) is 41.7 Å². The average molecular weight is 436 g/mol. The molecule has 2 aromatic carbocycles. The first-order valence-electron chi connectivity index (χ1n) is 11.0. The van der Waals surface area contributed by atoms with E-state index in [1.807, 2.05) is 18.2 Å². The van der Waals surface area contributed by atoms with Crippen LogP contribution in [0.4, 0.5) is 10.1 Å². The van der Waals surface area contributed by atoms with Gasteiger partial charge in [0.05, 0.1) is 11.9 Å². The van der Waals surface area contributed by atoms with Gasteiger partial charge in [0, 0.05) is 29.2 Å². The summed E-state index contributed by atoms with van der Waals surface area (Å²) in [6, 6.07) is 12.4. The Morgan fingerprint density at radius 2 is 1.84 bits per heavy atom. The maximum absolute atomic E-state index is 13.0. The highest BCUT2D eigenvalue weighted by molar-refractivity contribution is 6.05. The largest absolute Gasteiger partial charge is 0.348 e. The third-order valence-corrected chi connectivity index (χ3v) is 6.77. The fourth-order valence-corrected chi connectivity index (χ4v) is 5.05. The molecule has 5 rings (SSSR count). The number of rotatable bonds is 5. The van der Waals surface area contributed by atoms with Crippen molar-refractivity contribution in [3.05, 3.63) is 59.5 Å². The molecule has 0 radical (unpaired) electrons. The van der Waals surface area contributed by atoms with Crippen LogP contribution in [-0.2, 0) is 11.2 Å². The van der Waals surface area contributed by atoms with Gasteiger partial charge < -0.3 is 15.5 Å². The molecule has 3 N–H and O–H groups in total. The van der Waals surface area contributed by atoms with Crippen LogP contribution in [0, 0.1) is 5.82 Å². The Morgan fingerprint density at radius 1 is 1.12 bits per heavy atom. The molecule has 2 atom stereocenters. The molecule has 32 heavy (non-hydrogen) atoms. The third-order valence-electron chi connectivity index (χ3n) is 6.77. The summed E-state index contributed by atoms with van der Waals surface area (Å²) in [6.07, 6.45) is 4.47. The smallest absolute Gasteiger partial charge is 0.272 e. The molecule has 7 nitrogen and oxygen atoms in total. The zero-order chi connectivity index (χ0) is 22.2. The fraction of sp³-hybridized carbons (Fsp3) is 0.375. The molecule has 2 unspecified atom stereocenters. The van der Waals surface area contributed by atoms with Crippen LogP contribution < -0.4 is 10.6 Å². The van der Waals surface area contributed by atoms with Crippen LogP contribution in [0.15, 0.2) is 42.5 Å². The molecule has 2 aliphatic rings. The molecule has 8 heteroatoms. The summed E-state index contributed by atoms with van der Waals surface area (Å²) >= 11 is 0. The van der Waals surface area contributed by atoms with E-state index in [4.69, 9.17) is 0 Å². The van der Waals surface area contributed by atoms with Gasteiger partial charge in [-0.15, -0.1) is 0 Å². The minimum Gasteiger partial charge on any atom is -0.348 e. The molecule has 2 saturated heterocycles. The van der Waals surface area contributed by atoms with Gasteiger partial charge in [0.15, 0.2) is 5.69 Å². The van der Waals surface area contributed by atoms with Crippen molar-refractivity contribution in [1.29, 1.82) is 0 Å². The van der Waals surface area contributed by atoms with E-state index < -0.39 is 0 Å². The first-order chi connectivity index (χ1) is 15.5. The number of anilines is 1. The van der Waals surface area contributed by atoms with E-state index in [0.717, 1.165) is 23.9 Å². The Labute approximate surface area is 185 Å². The molecular formula is C24H26FN5O2. The molecule has 2 aliphatic heterocycles. The number of aromatic amines is 1. The summed E-state index contributed by atoms with van der Waals surface area (Å²) in [6.45, 7) is 0. The van der Waals surface area contributed by atoms with Crippen LogP contribution in [0.2, 0.25) is 0 Å². The normalized spacial score (nSPS) is 22.8. The summed E-state index contributed by atoms with van der Waals surface area (Å²) in [5, 5.41) is 13.8. The molecule has 0 aliphatic carbocycles. The Kier molecular flexibility index (Phi) is 5.38. The molecule has 3 heterocycles. The van der Waals surface area contributed by atoms with Crippen LogP contribution in [0.5, 0.6) is 0 Å². The number of benzene rings is 2. The van der Waals surface area contributed by atoms with Crippen molar-refractivity contribution in [2.45, 2.75) is 50.2 Å². The highest BCUT2D eigenvalue weighted by Crippen LogP contribution is 2.34. The Balaban J connectivity index is 1.27. The van der Waals surface area contributed by atoms with Crippen molar-refractivity contribution >= 4 is 28.4 Å². The summed E-state index contributed by atoms with van der Waals surface area (Å²) < 4.78 is 13.0. The number of hydrogen-bond donors (Lipinski definition) is 3. The number of aromatic nitrogens is 2. The molecule has 0 spiro atoms. The number of hydrogen-bond acceptors (Lipinski definition) is 4. The summed E-state index contributed by atoms with van der Waals surface area (Å²) in [7, 11) is 2.18. The van der Waals surface area contributed by atoms with E-state index in [1.54, 1.807) is 0 Å². The van der Waals surface area contributed by atoms with Crippen molar-refractivity contribution in [2.75, 3.05) is 12.4 Å². The van der Waals surface area contributed by atoms with Crippen molar-refractivity contribution in [1.82, 2.24) is 20.4 Å². The van der Waals surface area contributed by atoms with Gasteiger partial charge in [-0.25, -0.2) is 4.39 Å². The second kappa shape index (κ2) is 8.35. The van der Waals surface area contributed by atoms with Gasteiger partial charge in [0.2, 0.25) is 5.91 Å². The Bertz CT molecular complexity index is 1140. The highest BCUT2D eigenvalue weighted by Gasteiger charge is 2.39. The number of carbonyl (C=O) groups excluding carboxylic acids is 2. The molecule has 1 aromatic heterocycles. The van der Waals surface area contributed by atoms with Crippen molar-refractivity contribution < 1.29 is 14.0 Å². The lowest BCUT2D eigenvalue weighted by atomic mass is 9.97. The minimum absolute atomic E-state index is 0.137. The van der Waals surface area contributed by atoms with E-state index in [-0.39, 0.29) is 30.1 Å². The molecule has 2 bridgehead atoms. The van der Waals surface area contributed by atoms with E-state index in [1.165, 1.54) is 37.1 Å². The van der Waals surface area contributed by atoms with Crippen molar-refractivity contribution in [3.8, 4) is 0 Å². The number of amides is 2. The summed E-state index contributed by atoms with van der Waals surface area (Å²) in [4.78, 5) is 27.8. The number of fused-ring (bicyclic) bond motifs is 3. The standard InChI is InChI=1S/C24H26FN5O2/c1-30-18-7-8-19(30)13-17(12-18)27-24(32)23-20-10-14(2-9-21(20)28-29-23)11-22(31)26-16-5-3-15(25)4-6-16/h2-6,9-10,17-19H,7-8,11-13H2,1H3,(H,26,31)(H,27,32)(H,28,29). The number of carbonyl (C=O) groups is 2. The predicted octanol–water partition coefficient (Wildman–Crippen LogP) is 3.24. The van der Waals surface area contributed by atoms with E-state index in [2.05, 4.69) is 32.8 Å². The molecule has 2 fully saturated rings. The number of piperidine rings is 1. The lowest BCUT2D eigenvalue weighted by molar-refractivity contribution is -0.115. The van der Waals surface area contributed by atoms with Crippen molar-refractivity contribution in [3.63, 3.8) is 0 Å². The molecule has 166 valence electrons. The minimum atomic E-state index is -0.355. The quantitative estimate of drug-likeness (QED) is 0.574. The fourth-order valence-electron chi connectivity index (χ4n) is 5.05. The first kappa shape index (κ1) is 20.6. The second-order valence-electron chi connectivity index (χ2n) is 8.88. The monoisotopic (exact) mass is 435 g/mol. The Morgan fingerprint density at radius 3 is 2.56 bits per heavy atom. The average Bonchev–Trinajstić information content (AvgIpc) is 3.26. The number of H-pyrrole nitrogens is 1. The zero-order valence-electron chi connectivity index (χ0n) is 17.9. The van der Waals surface area contributed by atoms with Crippen LogP contribution in [-0.4, -0.2) is 52.1 Å². The Hall–Kier alpha value is -3.26. The van der Waals surface area contributed by atoms with Gasteiger partial charge in [0.25, 0.3) is 5.91 Å². The predicted molar refractivity (Wildman–Crippen MR) is 120 cm³/mol. The van der Waals surface area contributed by atoms with Gasteiger partial charge >= 0.3 is 0 Å².